The zero-order chi connectivity index (χ0) is 23.2. The van der Waals surface area contributed by atoms with E-state index in [1.807, 2.05) is 12.1 Å². The molecule has 2 heterocycles. The lowest BCUT2D eigenvalue weighted by atomic mass is 10.0. The standard InChI is InChI=1S/C25H23N5O3/c1-27-16-21(18-4-2-17(15-26)3-5-18)24-28-9-8-22(29-24)19-6-7-20(23(31)14-19)25(32)30-10-12-33-13-11-30/h2-9,14,16,27,31H,10-13H2,1H3. The van der Waals surface area contributed by atoms with E-state index in [-0.39, 0.29) is 17.2 Å². The minimum Gasteiger partial charge on any atom is -0.507 e. The summed E-state index contributed by atoms with van der Waals surface area (Å²) in [6, 6.07) is 16.0. The molecule has 1 aliphatic heterocycles. The molecule has 4 rings (SSSR count). The summed E-state index contributed by atoms with van der Waals surface area (Å²) in [5.41, 5.74) is 3.71. The zero-order valence-electron chi connectivity index (χ0n) is 18.2. The second-order valence-electron chi connectivity index (χ2n) is 7.44. The van der Waals surface area contributed by atoms with Crippen molar-refractivity contribution < 1.29 is 14.6 Å². The Morgan fingerprint density at radius 3 is 2.61 bits per heavy atom. The maximum Gasteiger partial charge on any atom is 0.257 e. The molecule has 1 aromatic heterocycles. The van der Waals surface area contributed by atoms with E-state index < -0.39 is 0 Å². The third kappa shape index (κ3) is 4.84. The van der Waals surface area contributed by atoms with Crippen molar-refractivity contribution in [1.29, 1.82) is 5.26 Å². The smallest absolute Gasteiger partial charge is 0.257 e. The number of hydrogen-bond donors (Lipinski definition) is 2. The minimum absolute atomic E-state index is 0.0952. The molecule has 0 aliphatic carbocycles. The van der Waals surface area contributed by atoms with Crippen LogP contribution in [0.15, 0.2) is 60.9 Å². The number of morpholine rings is 1. The molecule has 1 fully saturated rings. The van der Waals surface area contributed by atoms with Crippen LogP contribution in [0.25, 0.3) is 16.8 Å². The molecule has 8 nitrogen and oxygen atoms in total. The fraction of sp³-hybridized carbons (Fsp3) is 0.200. The third-order valence-electron chi connectivity index (χ3n) is 5.33. The largest absolute Gasteiger partial charge is 0.507 e. The van der Waals surface area contributed by atoms with E-state index in [1.165, 1.54) is 0 Å². The van der Waals surface area contributed by atoms with Gasteiger partial charge in [0.25, 0.3) is 5.91 Å². The monoisotopic (exact) mass is 441 g/mol. The molecule has 2 aromatic carbocycles. The molecule has 1 saturated heterocycles. The van der Waals surface area contributed by atoms with Crippen molar-refractivity contribution in [1.82, 2.24) is 20.2 Å². The average molecular weight is 441 g/mol. The zero-order valence-corrected chi connectivity index (χ0v) is 18.2. The molecule has 166 valence electrons. The Morgan fingerprint density at radius 2 is 1.94 bits per heavy atom. The highest BCUT2D eigenvalue weighted by atomic mass is 16.5. The Kier molecular flexibility index (Phi) is 6.62. The van der Waals surface area contributed by atoms with Crippen molar-refractivity contribution in [3.63, 3.8) is 0 Å². The van der Waals surface area contributed by atoms with E-state index in [2.05, 4.69) is 21.4 Å². The quantitative estimate of drug-likeness (QED) is 0.626. The maximum absolute atomic E-state index is 12.7. The van der Waals surface area contributed by atoms with E-state index in [1.54, 1.807) is 60.7 Å². The third-order valence-corrected chi connectivity index (χ3v) is 5.33. The van der Waals surface area contributed by atoms with Crippen LogP contribution in [-0.2, 0) is 4.74 Å². The number of phenolic OH excluding ortho intramolecular Hbond substituents is 1. The lowest BCUT2D eigenvalue weighted by molar-refractivity contribution is 0.0301. The van der Waals surface area contributed by atoms with Crippen LogP contribution >= 0.6 is 0 Å². The van der Waals surface area contributed by atoms with Gasteiger partial charge in [-0.1, -0.05) is 18.2 Å². The van der Waals surface area contributed by atoms with Crippen molar-refractivity contribution in [2.45, 2.75) is 0 Å². The van der Waals surface area contributed by atoms with Crippen molar-refractivity contribution in [2.75, 3.05) is 33.4 Å². The Hall–Kier alpha value is -4.22. The average Bonchev–Trinajstić information content (AvgIpc) is 2.87. The van der Waals surface area contributed by atoms with Crippen molar-refractivity contribution in [2.24, 2.45) is 0 Å². The van der Waals surface area contributed by atoms with Gasteiger partial charge in [-0.3, -0.25) is 4.79 Å². The van der Waals surface area contributed by atoms with Crippen LogP contribution in [0.4, 0.5) is 0 Å². The second-order valence-corrected chi connectivity index (χ2v) is 7.44. The van der Waals surface area contributed by atoms with Crippen LogP contribution in [0.2, 0.25) is 0 Å². The van der Waals surface area contributed by atoms with Gasteiger partial charge in [0, 0.05) is 43.7 Å². The number of aromatic hydroxyl groups is 1. The molecule has 0 unspecified atom stereocenters. The van der Waals surface area contributed by atoms with E-state index >= 15 is 0 Å². The molecular formula is C25H23N5O3. The predicted molar refractivity (Wildman–Crippen MR) is 123 cm³/mol. The Bertz CT molecular complexity index is 1230. The van der Waals surface area contributed by atoms with Gasteiger partial charge >= 0.3 is 0 Å². The first kappa shape index (κ1) is 22.0. The van der Waals surface area contributed by atoms with Gasteiger partial charge in [0.1, 0.15) is 5.75 Å². The summed E-state index contributed by atoms with van der Waals surface area (Å²) >= 11 is 0. The highest BCUT2D eigenvalue weighted by Crippen LogP contribution is 2.28. The first-order chi connectivity index (χ1) is 16.1. The number of nitrogens with zero attached hydrogens (tertiary/aromatic N) is 4. The number of ether oxygens (including phenoxy) is 1. The topological polar surface area (TPSA) is 111 Å². The fourth-order valence-electron chi connectivity index (χ4n) is 3.60. The molecule has 0 spiro atoms. The number of phenols is 1. The van der Waals surface area contributed by atoms with E-state index in [4.69, 9.17) is 10.00 Å². The van der Waals surface area contributed by atoms with Gasteiger partial charge in [-0.05, 0) is 35.9 Å². The van der Waals surface area contributed by atoms with Gasteiger partial charge in [0.05, 0.1) is 36.1 Å². The van der Waals surface area contributed by atoms with Crippen LogP contribution in [-0.4, -0.2) is 59.2 Å². The SMILES string of the molecule is CNC=C(c1ccc(C#N)cc1)c1nccc(-c2ccc(C(=O)N3CCOCC3)c(O)c2)n1. The number of benzene rings is 2. The molecular weight excluding hydrogens is 418 g/mol. The number of amides is 1. The summed E-state index contributed by atoms with van der Waals surface area (Å²) in [7, 11) is 1.79. The molecule has 1 aliphatic rings. The van der Waals surface area contributed by atoms with Gasteiger partial charge < -0.3 is 20.1 Å². The van der Waals surface area contributed by atoms with Gasteiger partial charge in [0.15, 0.2) is 5.82 Å². The molecule has 3 aromatic rings. The first-order valence-electron chi connectivity index (χ1n) is 10.5. The summed E-state index contributed by atoms with van der Waals surface area (Å²) in [5, 5.41) is 22.6. The Balaban J connectivity index is 1.64. The minimum atomic E-state index is -0.217. The van der Waals surface area contributed by atoms with Crippen LogP contribution < -0.4 is 5.32 Å². The molecule has 0 radical (unpaired) electrons. The van der Waals surface area contributed by atoms with Gasteiger partial charge in [0.2, 0.25) is 0 Å². The summed E-state index contributed by atoms with van der Waals surface area (Å²) in [6.45, 7) is 2.00. The molecule has 2 N–H and O–H groups in total. The van der Waals surface area contributed by atoms with Crippen LogP contribution in [0.3, 0.4) is 0 Å². The lowest BCUT2D eigenvalue weighted by Gasteiger charge is -2.27. The molecule has 33 heavy (non-hydrogen) atoms. The normalized spacial score (nSPS) is 13.9. The van der Waals surface area contributed by atoms with Crippen LogP contribution in [0.5, 0.6) is 5.75 Å². The van der Waals surface area contributed by atoms with Crippen LogP contribution in [0.1, 0.15) is 27.3 Å². The maximum atomic E-state index is 12.7. The first-order valence-corrected chi connectivity index (χ1v) is 10.5. The van der Waals surface area contributed by atoms with Crippen molar-refractivity contribution >= 4 is 11.5 Å². The second kappa shape index (κ2) is 9.94. The van der Waals surface area contributed by atoms with Crippen molar-refractivity contribution in [3.05, 3.63) is 83.4 Å². The molecule has 0 saturated carbocycles. The number of hydrogen-bond acceptors (Lipinski definition) is 7. The molecule has 1 amide bonds. The van der Waals surface area contributed by atoms with E-state index in [0.29, 0.717) is 48.9 Å². The van der Waals surface area contributed by atoms with Gasteiger partial charge in [-0.2, -0.15) is 5.26 Å². The Labute approximate surface area is 191 Å². The highest BCUT2D eigenvalue weighted by Gasteiger charge is 2.21. The number of aromatic nitrogens is 2. The van der Waals surface area contributed by atoms with E-state index in [0.717, 1.165) is 11.1 Å². The molecule has 0 bridgehead atoms. The number of carbonyl (C=O) groups excluding carboxylic acids is 1. The van der Waals surface area contributed by atoms with Gasteiger partial charge in [-0.15, -0.1) is 0 Å². The Morgan fingerprint density at radius 1 is 1.18 bits per heavy atom. The van der Waals surface area contributed by atoms with Gasteiger partial charge in [-0.25, -0.2) is 9.97 Å². The summed E-state index contributed by atoms with van der Waals surface area (Å²) in [6.07, 6.45) is 3.44. The number of nitrogens with one attached hydrogen (secondary N) is 1. The summed E-state index contributed by atoms with van der Waals surface area (Å²) in [5.74, 6) is 0.174. The highest BCUT2D eigenvalue weighted by molar-refractivity contribution is 5.97. The van der Waals surface area contributed by atoms with Crippen molar-refractivity contribution in [3.8, 4) is 23.1 Å². The molecule has 0 atom stereocenters. The van der Waals surface area contributed by atoms with E-state index in [9.17, 15) is 9.90 Å². The predicted octanol–water partition coefficient (Wildman–Crippen LogP) is 2.80. The summed E-state index contributed by atoms with van der Waals surface area (Å²) < 4.78 is 5.29. The summed E-state index contributed by atoms with van der Waals surface area (Å²) in [4.78, 5) is 23.5. The lowest BCUT2D eigenvalue weighted by Crippen LogP contribution is -2.40. The molecule has 8 heteroatoms. The number of rotatable bonds is 5. The fourth-order valence-corrected chi connectivity index (χ4v) is 3.60. The van der Waals surface area contributed by atoms with Crippen LogP contribution in [0, 0.1) is 11.3 Å². The number of carbonyl (C=O) groups is 1. The number of nitriles is 1.